The third-order valence-electron chi connectivity index (χ3n) is 5.45. The van der Waals surface area contributed by atoms with Gasteiger partial charge in [-0.15, -0.1) is 11.8 Å². The van der Waals surface area contributed by atoms with E-state index in [4.69, 9.17) is 4.74 Å². The van der Waals surface area contributed by atoms with Crippen LogP contribution in [0.5, 0.6) is 0 Å². The predicted molar refractivity (Wildman–Crippen MR) is 127 cm³/mol. The van der Waals surface area contributed by atoms with Crippen LogP contribution in [0.25, 0.3) is 0 Å². The lowest BCUT2D eigenvalue weighted by atomic mass is 9.81. The van der Waals surface area contributed by atoms with Gasteiger partial charge in [0.15, 0.2) is 0 Å². The Bertz CT molecular complexity index is 1090. The average Bonchev–Trinajstić information content (AvgIpc) is 3.13. The van der Waals surface area contributed by atoms with Crippen LogP contribution in [0.15, 0.2) is 76.0 Å². The Kier molecular flexibility index (Phi) is 6.58. The van der Waals surface area contributed by atoms with Crippen LogP contribution < -0.4 is 5.32 Å². The molecular formula is C25H25NO3S2. The van der Waals surface area contributed by atoms with Crippen LogP contribution in [0.4, 0.5) is 0 Å². The SMILES string of the molecule is CCOC(=O)C1=C(C)NC2=C(C(=O)SC2)C1c1ccccc1SCc1ccc(C)cc1. The zero-order chi connectivity index (χ0) is 22.0. The average molecular weight is 452 g/mol. The van der Waals surface area contributed by atoms with Crippen LogP contribution in [-0.4, -0.2) is 23.4 Å². The zero-order valence-electron chi connectivity index (χ0n) is 17.9. The number of hydrogen-bond acceptors (Lipinski definition) is 6. The van der Waals surface area contributed by atoms with Gasteiger partial charge >= 0.3 is 5.97 Å². The summed E-state index contributed by atoms with van der Waals surface area (Å²) >= 11 is 3.01. The van der Waals surface area contributed by atoms with E-state index in [1.54, 1.807) is 18.7 Å². The fraction of sp³-hybridized carbons (Fsp3) is 0.280. The molecule has 1 N–H and O–H groups in total. The molecule has 0 spiro atoms. The molecule has 2 aromatic rings. The molecule has 160 valence electrons. The van der Waals surface area contributed by atoms with E-state index in [-0.39, 0.29) is 11.1 Å². The summed E-state index contributed by atoms with van der Waals surface area (Å²) in [4.78, 5) is 26.8. The largest absolute Gasteiger partial charge is 0.463 e. The van der Waals surface area contributed by atoms with Gasteiger partial charge in [-0.25, -0.2) is 4.79 Å². The Hall–Kier alpha value is -2.44. The van der Waals surface area contributed by atoms with Crippen LogP contribution in [0.1, 0.15) is 36.5 Å². The standard InChI is InChI=1S/C25H25NO3S2/c1-4-29-24(27)21-16(3)26-19-14-31-25(28)23(19)22(21)18-7-5-6-8-20(18)30-13-17-11-9-15(2)10-12-17/h5-12,22,26H,4,13-14H2,1-3H3. The Labute approximate surface area is 191 Å². The number of rotatable bonds is 6. The van der Waals surface area contributed by atoms with Crippen molar-refractivity contribution in [3.8, 4) is 0 Å². The lowest BCUT2D eigenvalue weighted by Gasteiger charge is -2.29. The summed E-state index contributed by atoms with van der Waals surface area (Å²) in [7, 11) is 0. The van der Waals surface area contributed by atoms with E-state index >= 15 is 0 Å². The van der Waals surface area contributed by atoms with Crippen molar-refractivity contribution >= 4 is 34.6 Å². The second kappa shape index (κ2) is 9.37. The summed E-state index contributed by atoms with van der Waals surface area (Å²) in [6.07, 6.45) is 0. The lowest BCUT2D eigenvalue weighted by Crippen LogP contribution is -2.30. The second-order valence-electron chi connectivity index (χ2n) is 7.60. The zero-order valence-corrected chi connectivity index (χ0v) is 19.5. The maximum Gasteiger partial charge on any atom is 0.336 e. The maximum atomic E-state index is 12.9. The van der Waals surface area contributed by atoms with E-state index in [0.717, 1.165) is 27.6 Å². The van der Waals surface area contributed by atoms with E-state index in [0.29, 0.717) is 23.5 Å². The molecule has 4 rings (SSSR count). The third-order valence-corrected chi connectivity index (χ3v) is 7.53. The van der Waals surface area contributed by atoms with Crippen molar-refractivity contribution in [1.82, 2.24) is 5.32 Å². The van der Waals surface area contributed by atoms with Crippen molar-refractivity contribution in [3.05, 3.63) is 87.8 Å². The van der Waals surface area contributed by atoms with Crippen molar-refractivity contribution < 1.29 is 14.3 Å². The number of aryl methyl sites for hydroxylation is 1. The topological polar surface area (TPSA) is 55.4 Å². The van der Waals surface area contributed by atoms with Crippen molar-refractivity contribution in [3.63, 3.8) is 0 Å². The fourth-order valence-electron chi connectivity index (χ4n) is 3.95. The molecule has 2 aliphatic rings. The van der Waals surface area contributed by atoms with Crippen molar-refractivity contribution in [1.29, 1.82) is 0 Å². The first-order chi connectivity index (χ1) is 15.0. The van der Waals surface area contributed by atoms with Crippen molar-refractivity contribution in [2.24, 2.45) is 0 Å². The monoisotopic (exact) mass is 451 g/mol. The van der Waals surface area contributed by atoms with Gasteiger partial charge in [0.2, 0.25) is 5.12 Å². The molecule has 1 unspecified atom stereocenters. The number of carbonyl (C=O) groups is 2. The van der Waals surface area contributed by atoms with Gasteiger partial charge in [-0.2, -0.15) is 0 Å². The van der Waals surface area contributed by atoms with Gasteiger partial charge in [-0.3, -0.25) is 4.79 Å². The number of esters is 1. The molecule has 0 fully saturated rings. The van der Waals surface area contributed by atoms with Gasteiger partial charge in [0.05, 0.1) is 18.1 Å². The highest BCUT2D eigenvalue weighted by Crippen LogP contribution is 2.47. The van der Waals surface area contributed by atoms with Gasteiger partial charge in [-0.1, -0.05) is 59.8 Å². The summed E-state index contributed by atoms with van der Waals surface area (Å²) in [5.74, 6) is 0.636. The van der Waals surface area contributed by atoms with Crippen LogP contribution in [0, 0.1) is 6.92 Å². The van der Waals surface area contributed by atoms with Crippen LogP contribution in [0.2, 0.25) is 0 Å². The Morgan fingerprint density at radius 3 is 2.65 bits per heavy atom. The van der Waals surface area contributed by atoms with E-state index in [9.17, 15) is 9.59 Å². The highest BCUT2D eigenvalue weighted by atomic mass is 32.2. The number of benzene rings is 2. The summed E-state index contributed by atoms with van der Waals surface area (Å²) in [6, 6.07) is 16.6. The number of carbonyl (C=O) groups excluding carboxylic acids is 2. The molecule has 2 heterocycles. The molecule has 0 aromatic heterocycles. The number of allylic oxidation sites excluding steroid dienone is 1. The summed E-state index contributed by atoms with van der Waals surface area (Å²) in [6.45, 7) is 6.06. The number of thioether (sulfide) groups is 2. The first kappa shape index (κ1) is 21.8. The highest BCUT2D eigenvalue weighted by molar-refractivity contribution is 8.14. The molecule has 1 atom stereocenters. The van der Waals surface area contributed by atoms with E-state index in [1.165, 1.54) is 22.9 Å². The van der Waals surface area contributed by atoms with Gasteiger partial charge in [-0.05, 0) is 38.0 Å². The molecule has 0 saturated carbocycles. The second-order valence-corrected chi connectivity index (χ2v) is 9.56. The highest BCUT2D eigenvalue weighted by Gasteiger charge is 2.41. The predicted octanol–water partition coefficient (Wildman–Crippen LogP) is 5.34. The Balaban J connectivity index is 1.74. The molecule has 2 aromatic carbocycles. The number of ether oxygens (including phenoxy) is 1. The first-order valence-corrected chi connectivity index (χ1v) is 12.3. The van der Waals surface area contributed by atoms with Crippen LogP contribution in [0.3, 0.4) is 0 Å². The maximum absolute atomic E-state index is 12.9. The van der Waals surface area contributed by atoms with Crippen LogP contribution >= 0.6 is 23.5 Å². The van der Waals surface area contributed by atoms with Gasteiger partial charge in [0.1, 0.15) is 0 Å². The fourth-order valence-corrected chi connectivity index (χ4v) is 5.89. The van der Waals surface area contributed by atoms with E-state index in [2.05, 4.69) is 42.6 Å². The summed E-state index contributed by atoms with van der Waals surface area (Å²) in [5, 5.41) is 3.32. The van der Waals surface area contributed by atoms with Crippen molar-refractivity contribution in [2.75, 3.05) is 12.4 Å². The number of nitrogens with one attached hydrogen (secondary N) is 1. The Morgan fingerprint density at radius 2 is 1.90 bits per heavy atom. The third kappa shape index (κ3) is 4.46. The lowest BCUT2D eigenvalue weighted by molar-refractivity contribution is -0.138. The van der Waals surface area contributed by atoms with E-state index in [1.807, 2.05) is 25.1 Å². The summed E-state index contributed by atoms with van der Waals surface area (Å²) in [5.41, 5.74) is 6.33. The quantitative estimate of drug-likeness (QED) is 0.473. The normalized spacial score (nSPS) is 18.2. The molecule has 2 aliphatic heterocycles. The van der Waals surface area contributed by atoms with E-state index < -0.39 is 5.92 Å². The number of dihydropyridines is 1. The van der Waals surface area contributed by atoms with Gasteiger partial charge in [0, 0.05) is 33.4 Å². The molecule has 31 heavy (non-hydrogen) atoms. The molecule has 0 bridgehead atoms. The molecule has 0 saturated heterocycles. The smallest absolute Gasteiger partial charge is 0.336 e. The minimum absolute atomic E-state index is 0.0279. The van der Waals surface area contributed by atoms with Gasteiger partial charge in [0.25, 0.3) is 0 Å². The minimum atomic E-state index is -0.417. The first-order valence-electron chi connectivity index (χ1n) is 10.3. The van der Waals surface area contributed by atoms with Crippen LogP contribution in [-0.2, 0) is 20.1 Å². The molecular weight excluding hydrogens is 426 g/mol. The number of hydrogen-bond donors (Lipinski definition) is 1. The minimum Gasteiger partial charge on any atom is -0.463 e. The Morgan fingerprint density at radius 1 is 1.16 bits per heavy atom. The molecule has 4 nitrogen and oxygen atoms in total. The van der Waals surface area contributed by atoms with Gasteiger partial charge < -0.3 is 10.1 Å². The molecule has 0 amide bonds. The molecule has 0 radical (unpaired) electrons. The molecule has 6 heteroatoms. The molecule has 0 aliphatic carbocycles. The summed E-state index contributed by atoms with van der Waals surface area (Å²) < 4.78 is 5.38. The van der Waals surface area contributed by atoms with Crippen molar-refractivity contribution in [2.45, 2.75) is 37.3 Å².